The van der Waals surface area contributed by atoms with Gasteiger partial charge in [0.2, 0.25) is 0 Å². The summed E-state index contributed by atoms with van der Waals surface area (Å²) in [5, 5.41) is 3.73. The lowest BCUT2D eigenvalue weighted by Gasteiger charge is -2.31. The second-order valence-corrected chi connectivity index (χ2v) is 6.54. The molecule has 1 saturated heterocycles. The van der Waals surface area contributed by atoms with Crippen molar-refractivity contribution >= 4 is 0 Å². The van der Waals surface area contributed by atoms with E-state index in [-0.39, 0.29) is 0 Å². The second-order valence-electron chi connectivity index (χ2n) is 6.54. The molecule has 0 amide bonds. The molecule has 1 aliphatic heterocycles. The minimum absolute atomic E-state index is 0.522. The Balaban J connectivity index is 1.48. The zero-order chi connectivity index (χ0) is 13.5. The summed E-state index contributed by atoms with van der Waals surface area (Å²) in [6.45, 7) is 7.50. The molecule has 0 atom stereocenters. The van der Waals surface area contributed by atoms with Crippen LogP contribution in [-0.2, 0) is 4.74 Å². The van der Waals surface area contributed by atoms with E-state index in [9.17, 15) is 0 Å². The van der Waals surface area contributed by atoms with Gasteiger partial charge in [-0.3, -0.25) is 0 Å². The molecule has 1 aliphatic carbocycles. The smallest absolute Gasteiger partial charge is 0.0572 e. The van der Waals surface area contributed by atoms with E-state index in [0.29, 0.717) is 6.10 Å². The molecule has 1 saturated carbocycles. The number of methoxy groups -OCH3 is 1. The maximum atomic E-state index is 5.42. The number of hydrogen-bond donors (Lipinski definition) is 1. The zero-order valence-corrected chi connectivity index (χ0v) is 12.9. The molecule has 1 heterocycles. The van der Waals surface area contributed by atoms with Crippen LogP contribution < -0.4 is 5.32 Å². The molecule has 19 heavy (non-hydrogen) atoms. The number of nitrogens with zero attached hydrogens (tertiary/aromatic N) is 1. The predicted molar refractivity (Wildman–Crippen MR) is 80.5 cm³/mol. The largest absolute Gasteiger partial charge is 0.381 e. The molecule has 112 valence electrons. The average Bonchev–Trinajstić information content (AvgIpc) is 2.46. The Labute approximate surface area is 119 Å². The van der Waals surface area contributed by atoms with Crippen molar-refractivity contribution < 1.29 is 4.74 Å². The van der Waals surface area contributed by atoms with E-state index >= 15 is 0 Å². The van der Waals surface area contributed by atoms with Crippen LogP contribution in [0.3, 0.4) is 0 Å². The van der Waals surface area contributed by atoms with Gasteiger partial charge in [0.15, 0.2) is 0 Å². The Morgan fingerprint density at radius 1 is 1.05 bits per heavy atom. The summed E-state index contributed by atoms with van der Waals surface area (Å²) in [7, 11) is 1.85. The molecule has 3 nitrogen and oxygen atoms in total. The minimum Gasteiger partial charge on any atom is -0.381 e. The van der Waals surface area contributed by atoms with Crippen molar-refractivity contribution in [1.29, 1.82) is 0 Å². The Morgan fingerprint density at radius 2 is 1.74 bits per heavy atom. The molecule has 1 N–H and O–H groups in total. The lowest BCUT2D eigenvalue weighted by atomic mass is 9.93. The van der Waals surface area contributed by atoms with Gasteiger partial charge in [0.05, 0.1) is 6.10 Å². The first-order valence-electron chi connectivity index (χ1n) is 8.26. The van der Waals surface area contributed by atoms with Crippen molar-refractivity contribution in [2.24, 2.45) is 5.92 Å². The number of nitrogens with one attached hydrogen (secondary N) is 1. The van der Waals surface area contributed by atoms with Gasteiger partial charge in [-0.25, -0.2) is 0 Å². The third-order valence-corrected chi connectivity index (χ3v) is 4.97. The van der Waals surface area contributed by atoms with E-state index < -0.39 is 0 Å². The molecule has 0 aromatic carbocycles. The molecular formula is C16H32N2O. The van der Waals surface area contributed by atoms with Crippen molar-refractivity contribution in [2.45, 2.75) is 64.0 Å². The molecule has 0 aromatic heterocycles. The molecule has 0 unspecified atom stereocenters. The van der Waals surface area contributed by atoms with E-state index in [2.05, 4.69) is 17.1 Å². The fraction of sp³-hybridized carbons (Fsp3) is 1.00. The third kappa shape index (κ3) is 5.41. The number of rotatable bonds is 6. The van der Waals surface area contributed by atoms with Gasteiger partial charge < -0.3 is 15.0 Å². The summed E-state index contributed by atoms with van der Waals surface area (Å²) in [5.41, 5.74) is 0. The Morgan fingerprint density at radius 3 is 2.37 bits per heavy atom. The van der Waals surface area contributed by atoms with Crippen molar-refractivity contribution in [1.82, 2.24) is 10.2 Å². The summed E-state index contributed by atoms with van der Waals surface area (Å²) >= 11 is 0. The molecule has 0 spiro atoms. The molecule has 0 aromatic rings. The monoisotopic (exact) mass is 268 g/mol. The number of piperidine rings is 1. The van der Waals surface area contributed by atoms with Crippen LogP contribution in [-0.4, -0.2) is 50.3 Å². The summed E-state index contributed by atoms with van der Waals surface area (Å²) in [4.78, 5) is 2.64. The summed E-state index contributed by atoms with van der Waals surface area (Å²) in [6.07, 6.45) is 9.67. The van der Waals surface area contributed by atoms with E-state index in [0.717, 1.165) is 12.0 Å². The fourth-order valence-electron chi connectivity index (χ4n) is 3.40. The summed E-state index contributed by atoms with van der Waals surface area (Å²) < 4.78 is 5.42. The molecule has 2 aliphatic rings. The van der Waals surface area contributed by atoms with Gasteiger partial charge in [0.25, 0.3) is 0 Å². The topological polar surface area (TPSA) is 24.5 Å². The number of ether oxygens (including phenoxy) is 1. The molecule has 2 fully saturated rings. The maximum Gasteiger partial charge on any atom is 0.0572 e. The highest BCUT2D eigenvalue weighted by atomic mass is 16.5. The SMILES string of the molecule is COC1CCC(NCCCN2CCC(C)CC2)CC1. The van der Waals surface area contributed by atoms with E-state index in [1.54, 1.807) is 0 Å². The van der Waals surface area contributed by atoms with E-state index in [4.69, 9.17) is 4.74 Å². The zero-order valence-electron chi connectivity index (χ0n) is 12.9. The molecule has 2 rings (SSSR count). The lowest BCUT2D eigenvalue weighted by molar-refractivity contribution is 0.0624. The van der Waals surface area contributed by atoms with Crippen molar-refractivity contribution in [3.63, 3.8) is 0 Å². The third-order valence-electron chi connectivity index (χ3n) is 4.97. The molecular weight excluding hydrogens is 236 g/mol. The Hall–Kier alpha value is -0.120. The van der Waals surface area contributed by atoms with Gasteiger partial charge in [-0.2, -0.15) is 0 Å². The predicted octanol–water partition coefficient (Wildman–Crippen LogP) is 2.66. The van der Waals surface area contributed by atoms with Crippen LogP contribution in [0.1, 0.15) is 51.9 Å². The highest BCUT2D eigenvalue weighted by molar-refractivity contribution is 4.77. The van der Waals surface area contributed by atoms with Crippen LogP contribution in [0.15, 0.2) is 0 Å². The summed E-state index contributed by atoms with van der Waals surface area (Å²) in [6, 6.07) is 0.743. The second kappa shape index (κ2) is 8.23. The highest BCUT2D eigenvalue weighted by Crippen LogP contribution is 2.20. The van der Waals surface area contributed by atoms with Crippen LogP contribution in [0.25, 0.3) is 0 Å². The average molecular weight is 268 g/mol. The van der Waals surface area contributed by atoms with Crippen LogP contribution in [0.5, 0.6) is 0 Å². The maximum absolute atomic E-state index is 5.42. The van der Waals surface area contributed by atoms with Gasteiger partial charge in [-0.15, -0.1) is 0 Å². The first kappa shape index (κ1) is 15.3. The first-order valence-corrected chi connectivity index (χ1v) is 8.26. The van der Waals surface area contributed by atoms with Gasteiger partial charge in [0, 0.05) is 13.2 Å². The fourth-order valence-corrected chi connectivity index (χ4v) is 3.40. The van der Waals surface area contributed by atoms with Gasteiger partial charge in [0.1, 0.15) is 0 Å². The molecule has 0 radical (unpaired) electrons. The van der Waals surface area contributed by atoms with Crippen LogP contribution in [0.2, 0.25) is 0 Å². The van der Waals surface area contributed by atoms with Gasteiger partial charge in [-0.1, -0.05) is 6.92 Å². The number of hydrogen-bond acceptors (Lipinski definition) is 3. The molecule has 3 heteroatoms. The van der Waals surface area contributed by atoms with Crippen molar-refractivity contribution in [2.75, 3.05) is 33.3 Å². The van der Waals surface area contributed by atoms with Crippen LogP contribution in [0.4, 0.5) is 0 Å². The number of likely N-dealkylation sites (tertiary alicyclic amines) is 1. The minimum atomic E-state index is 0.522. The van der Waals surface area contributed by atoms with Gasteiger partial charge in [-0.05, 0) is 77.0 Å². The Kier molecular flexibility index (Phi) is 6.62. The quantitative estimate of drug-likeness (QED) is 0.750. The summed E-state index contributed by atoms with van der Waals surface area (Å²) in [5.74, 6) is 0.949. The van der Waals surface area contributed by atoms with Crippen molar-refractivity contribution in [3.05, 3.63) is 0 Å². The van der Waals surface area contributed by atoms with Crippen LogP contribution >= 0.6 is 0 Å². The van der Waals surface area contributed by atoms with Gasteiger partial charge >= 0.3 is 0 Å². The Bertz CT molecular complexity index is 231. The highest BCUT2D eigenvalue weighted by Gasteiger charge is 2.20. The van der Waals surface area contributed by atoms with Crippen molar-refractivity contribution in [3.8, 4) is 0 Å². The normalized spacial score (nSPS) is 30.6. The molecule has 0 bridgehead atoms. The van der Waals surface area contributed by atoms with E-state index in [1.165, 1.54) is 71.1 Å². The standard InChI is InChI=1S/C16H32N2O/c1-14-8-12-18(13-9-14)11-3-10-17-15-4-6-16(19-2)7-5-15/h14-17H,3-13H2,1-2H3. The van der Waals surface area contributed by atoms with Crippen LogP contribution in [0, 0.1) is 5.92 Å². The van der Waals surface area contributed by atoms with E-state index in [1.807, 2.05) is 7.11 Å². The first-order chi connectivity index (χ1) is 9.28. The lowest BCUT2D eigenvalue weighted by Crippen LogP contribution is -2.38.